The molecule has 0 saturated heterocycles. The molecular weight excluding hydrogens is 333 g/mol. The summed E-state index contributed by atoms with van der Waals surface area (Å²) in [6.07, 6.45) is 0. The van der Waals surface area contributed by atoms with Gasteiger partial charge in [0.2, 0.25) is 0 Å². The molecule has 0 bridgehead atoms. The van der Waals surface area contributed by atoms with E-state index in [1.165, 1.54) is 12.1 Å². The lowest BCUT2D eigenvalue weighted by molar-refractivity contribution is 0.0945. The van der Waals surface area contributed by atoms with Gasteiger partial charge in [0.15, 0.2) is 11.5 Å². The number of carbonyl (C=O) groups excluding carboxylic acids is 1. The number of hydrogen-bond donors (Lipinski definition) is 2. The summed E-state index contributed by atoms with van der Waals surface area (Å²) in [5.41, 5.74) is 2.18. The van der Waals surface area contributed by atoms with Crippen molar-refractivity contribution in [1.29, 1.82) is 5.26 Å². The molecule has 0 spiro atoms. The number of halogens is 1. The van der Waals surface area contributed by atoms with Crippen LogP contribution in [0.3, 0.4) is 0 Å². The Hall–Kier alpha value is -3.79. The van der Waals surface area contributed by atoms with Gasteiger partial charge in [-0.25, -0.2) is 4.39 Å². The van der Waals surface area contributed by atoms with E-state index in [0.717, 1.165) is 5.56 Å². The largest absolute Gasteiger partial charge is 0.347 e. The maximum absolute atomic E-state index is 12.9. The van der Waals surface area contributed by atoms with E-state index in [0.29, 0.717) is 17.1 Å². The van der Waals surface area contributed by atoms with Crippen LogP contribution < -0.4 is 10.6 Å². The molecule has 0 aliphatic carbocycles. The Morgan fingerprint density at radius 2 is 1.88 bits per heavy atom. The van der Waals surface area contributed by atoms with E-state index in [1.54, 1.807) is 48.5 Å². The highest BCUT2D eigenvalue weighted by Gasteiger charge is 2.08. The fourth-order valence-electron chi connectivity index (χ4n) is 2.21. The number of hydrogen-bond acceptors (Lipinski definition) is 5. The van der Waals surface area contributed by atoms with Crippen LogP contribution in [-0.2, 0) is 6.54 Å². The predicted octanol–water partition coefficient (Wildman–Crippen LogP) is 3.16. The second-order valence-corrected chi connectivity index (χ2v) is 5.43. The first-order valence-corrected chi connectivity index (χ1v) is 7.77. The van der Waals surface area contributed by atoms with E-state index < -0.39 is 0 Å². The van der Waals surface area contributed by atoms with E-state index >= 15 is 0 Å². The molecule has 2 N–H and O–H groups in total. The van der Waals surface area contributed by atoms with E-state index in [2.05, 4.69) is 26.9 Å². The maximum Gasteiger partial charge on any atom is 0.272 e. The summed E-state index contributed by atoms with van der Waals surface area (Å²) in [6, 6.07) is 18.0. The molecule has 1 aromatic heterocycles. The van der Waals surface area contributed by atoms with Gasteiger partial charge in [-0.1, -0.05) is 18.2 Å². The molecule has 26 heavy (non-hydrogen) atoms. The summed E-state index contributed by atoms with van der Waals surface area (Å²) in [7, 11) is 0. The quantitative estimate of drug-likeness (QED) is 0.740. The van der Waals surface area contributed by atoms with Crippen molar-refractivity contribution in [2.75, 3.05) is 5.32 Å². The molecule has 0 unspecified atom stereocenters. The molecule has 3 aromatic rings. The third-order valence-electron chi connectivity index (χ3n) is 3.53. The number of amides is 1. The minimum Gasteiger partial charge on any atom is -0.347 e. The lowest BCUT2D eigenvalue weighted by Gasteiger charge is -2.07. The van der Waals surface area contributed by atoms with Crippen molar-refractivity contribution in [3.63, 3.8) is 0 Å². The molecule has 128 valence electrons. The second kappa shape index (κ2) is 7.85. The molecule has 0 aliphatic heterocycles. The monoisotopic (exact) mass is 347 g/mol. The van der Waals surface area contributed by atoms with Crippen LogP contribution in [0.1, 0.15) is 21.6 Å². The Kier molecular flexibility index (Phi) is 5.15. The molecule has 3 rings (SSSR count). The molecule has 0 atom stereocenters. The van der Waals surface area contributed by atoms with E-state index in [9.17, 15) is 9.18 Å². The normalized spacial score (nSPS) is 10.0. The molecule has 1 heterocycles. The van der Waals surface area contributed by atoms with Gasteiger partial charge in [-0.15, -0.1) is 10.2 Å². The van der Waals surface area contributed by atoms with Crippen LogP contribution in [0.15, 0.2) is 60.7 Å². The summed E-state index contributed by atoms with van der Waals surface area (Å²) in [6.45, 7) is 0.266. The number of nitriles is 1. The van der Waals surface area contributed by atoms with Crippen LogP contribution in [0.2, 0.25) is 0 Å². The summed E-state index contributed by atoms with van der Waals surface area (Å²) < 4.78 is 12.9. The Morgan fingerprint density at radius 3 is 2.58 bits per heavy atom. The van der Waals surface area contributed by atoms with Crippen LogP contribution in [-0.4, -0.2) is 16.1 Å². The first-order valence-electron chi connectivity index (χ1n) is 7.77. The Bertz CT molecular complexity index is 949. The van der Waals surface area contributed by atoms with Crippen LogP contribution in [0.5, 0.6) is 0 Å². The molecule has 0 saturated carbocycles. The van der Waals surface area contributed by atoms with E-state index in [4.69, 9.17) is 5.26 Å². The van der Waals surface area contributed by atoms with Crippen LogP contribution in [0.4, 0.5) is 15.9 Å². The minimum atomic E-state index is -0.375. The van der Waals surface area contributed by atoms with Crippen LogP contribution >= 0.6 is 0 Å². The molecule has 6 nitrogen and oxygen atoms in total. The standard InChI is InChI=1S/C19H14FN5O/c20-15-6-4-13(5-7-15)12-22-19(26)17-8-9-18(25-24-17)23-16-3-1-2-14(10-16)11-21/h1-10H,12H2,(H,22,26)(H,23,25). The lowest BCUT2D eigenvalue weighted by atomic mass is 10.2. The average molecular weight is 347 g/mol. The predicted molar refractivity (Wildman–Crippen MR) is 94.0 cm³/mol. The zero-order valence-electron chi connectivity index (χ0n) is 13.6. The van der Waals surface area contributed by atoms with Crippen molar-refractivity contribution in [2.24, 2.45) is 0 Å². The number of aromatic nitrogens is 2. The Balaban J connectivity index is 1.60. The third-order valence-corrected chi connectivity index (χ3v) is 3.53. The fraction of sp³-hybridized carbons (Fsp3) is 0.0526. The molecule has 7 heteroatoms. The number of carbonyl (C=O) groups is 1. The Labute approximate surface area is 149 Å². The summed E-state index contributed by atoms with van der Waals surface area (Å²) in [4.78, 5) is 12.1. The highest BCUT2D eigenvalue weighted by molar-refractivity contribution is 5.92. The van der Waals surface area contributed by atoms with Gasteiger partial charge in [-0.2, -0.15) is 5.26 Å². The number of rotatable bonds is 5. The fourth-order valence-corrected chi connectivity index (χ4v) is 2.21. The summed E-state index contributed by atoms with van der Waals surface area (Å²) in [5, 5.41) is 22.5. The van der Waals surface area contributed by atoms with Crippen molar-refractivity contribution in [2.45, 2.75) is 6.54 Å². The molecule has 0 radical (unpaired) electrons. The molecule has 2 aromatic carbocycles. The topological polar surface area (TPSA) is 90.7 Å². The van der Waals surface area contributed by atoms with Crippen LogP contribution in [0, 0.1) is 17.1 Å². The lowest BCUT2D eigenvalue weighted by Crippen LogP contribution is -2.24. The molecule has 0 fully saturated rings. The molecule has 0 aliphatic rings. The summed E-state index contributed by atoms with van der Waals surface area (Å²) in [5.74, 6) is -0.246. The first-order chi connectivity index (χ1) is 12.6. The number of benzene rings is 2. The zero-order chi connectivity index (χ0) is 18.4. The van der Waals surface area contributed by atoms with Gasteiger partial charge in [0, 0.05) is 12.2 Å². The minimum absolute atomic E-state index is 0.170. The van der Waals surface area contributed by atoms with Gasteiger partial charge in [-0.3, -0.25) is 4.79 Å². The SMILES string of the molecule is N#Cc1cccc(Nc2ccc(C(=O)NCc3ccc(F)cc3)nn2)c1. The van der Waals surface area contributed by atoms with Crippen molar-refractivity contribution < 1.29 is 9.18 Å². The number of nitrogens with zero attached hydrogens (tertiary/aromatic N) is 3. The van der Waals surface area contributed by atoms with Crippen molar-refractivity contribution >= 4 is 17.4 Å². The van der Waals surface area contributed by atoms with Gasteiger partial charge < -0.3 is 10.6 Å². The van der Waals surface area contributed by atoms with Gasteiger partial charge in [0.1, 0.15) is 5.82 Å². The summed E-state index contributed by atoms with van der Waals surface area (Å²) >= 11 is 0. The van der Waals surface area contributed by atoms with Gasteiger partial charge in [0.05, 0.1) is 11.6 Å². The first kappa shape index (κ1) is 17.0. The highest BCUT2D eigenvalue weighted by Crippen LogP contribution is 2.15. The molecule has 1 amide bonds. The number of anilines is 2. The maximum atomic E-state index is 12.9. The highest BCUT2D eigenvalue weighted by atomic mass is 19.1. The Morgan fingerprint density at radius 1 is 1.08 bits per heavy atom. The third kappa shape index (κ3) is 4.39. The smallest absolute Gasteiger partial charge is 0.272 e. The second-order valence-electron chi connectivity index (χ2n) is 5.43. The van der Waals surface area contributed by atoms with Gasteiger partial charge in [-0.05, 0) is 48.0 Å². The molecular formula is C19H14FN5O. The van der Waals surface area contributed by atoms with Crippen molar-refractivity contribution in [3.05, 3.63) is 83.3 Å². The average Bonchev–Trinajstić information content (AvgIpc) is 2.68. The van der Waals surface area contributed by atoms with Gasteiger partial charge >= 0.3 is 0 Å². The zero-order valence-corrected chi connectivity index (χ0v) is 13.6. The van der Waals surface area contributed by atoms with Crippen molar-refractivity contribution in [1.82, 2.24) is 15.5 Å². The van der Waals surface area contributed by atoms with E-state index in [-0.39, 0.29) is 24.0 Å². The van der Waals surface area contributed by atoms with Crippen LogP contribution in [0.25, 0.3) is 0 Å². The van der Waals surface area contributed by atoms with E-state index in [1.807, 2.05) is 0 Å². The number of nitrogens with one attached hydrogen (secondary N) is 2. The van der Waals surface area contributed by atoms with Crippen molar-refractivity contribution in [3.8, 4) is 6.07 Å². The van der Waals surface area contributed by atoms with Gasteiger partial charge in [0.25, 0.3) is 5.91 Å².